The molecule has 0 atom stereocenters. The summed E-state index contributed by atoms with van der Waals surface area (Å²) >= 11 is 3.50. The monoisotopic (exact) mass is 511 g/mol. The lowest BCUT2D eigenvalue weighted by atomic mass is 10.1. The zero-order valence-electron chi connectivity index (χ0n) is 19.1. The van der Waals surface area contributed by atoms with Crippen LogP contribution in [0, 0.1) is 0 Å². The largest absolute Gasteiger partial charge is 0.462 e. The van der Waals surface area contributed by atoms with Gasteiger partial charge in [-0.05, 0) is 70.0 Å². The van der Waals surface area contributed by atoms with E-state index in [-0.39, 0.29) is 12.7 Å². The maximum absolute atomic E-state index is 12.7. The molecule has 1 amide bonds. The number of pyridine rings is 1. The predicted octanol–water partition coefficient (Wildman–Crippen LogP) is 6.22. The smallest absolute Gasteiger partial charge is 0.414 e. The molecule has 172 valence electrons. The molecule has 2 aromatic carbocycles. The molecule has 1 N–H and O–H groups in total. The van der Waals surface area contributed by atoms with Gasteiger partial charge in [-0.15, -0.1) is 0 Å². The number of aromatic nitrogens is 1. The molecule has 2 heterocycles. The maximum Gasteiger partial charge on any atom is 0.414 e. The lowest BCUT2D eigenvalue weighted by molar-refractivity contribution is 0.0525. The number of fused-ring (bicyclic) bond motifs is 2. The van der Waals surface area contributed by atoms with Crippen molar-refractivity contribution in [1.82, 2.24) is 4.98 Å². The summed E-state index contributed by atoms with van der Waals surface area (Å²) in [6.45, 7) is 8.14. The number of nitrogens with zero attached hydrogens (tertiary/aromatic N) is 2. The number of benzene rings is 2. The molecule has 3 aromatic rings. The Bertz CT molecular complexity index is 1240. The number of nitrogens with one attached hydrogen (secondary N) is 1. The third-order valence-electron chi connectivity index (χ3n) is 5.19. The normalized spacial score (nSPS) is 13.1. The Kier molecular flexibility index (Phi) is 6.30. The van der Waals surface area contributed by atoms with Crippen LogP contribution in [0.1, 0.15) is 43.6 Å². The quantitative estimate of drug-likeness (QED) is 0.419. The minimum absolute atomic E-state index is 0.262. The van der Waals surface area contributed by atoms with Crippen LogP contribution < -0.4 is 10.2 Å². The lowest BCUT2D eigenvalue weighted by Gasteiger charge is -2.25. The molecule has 1 aromatic heterocycles. The van der Waals surface area contributed by atoms with Gasteiger partial charge >= 0.3 is 12.1 Å². The van der Waals surface area contributed by atoms with Crippen LogP contribution in [0.2, 0.25) is 0 Å². The SMILES string of the molecule is CCOC(=O)c1cnc2ccc(Br)cc2c1Nc1ccc2c(c1)N(C(=O)OC(C)(C)C)CC2. The van der Waals surface area contributed by atoms with E-state index in [1.807, 2.05) is 57.2 Å². The van der Waals surface area contributed by atoms with Gasteiger partial charge in [0.2, 0.25) is 0 Å². The predicted molar refractivity (Wildman–Crippen MR) is 132 cm³/mol. The topological polar surface area (TPSA) is 80.8 Å². The van der Waals surface area contributed by atoms with Gasteiger partial charge in [0.25, 0.3) is 0 Å². The lowest BCUT2D eigenvalue weighted by Crippen LogP contribution is -2.35. The fraction of sp³-hybridized carbons (Fsp3) is 0.320. The van der Waals surface area contributed by atoms with E-state index in [1.165, 1.54) is 6.20 Å². The van der Waals surface area contributed by atoms with Crippen molar-refractivity contribution in [3.63, 3.8) is 0 Å². The Morgan fingerprint density at radius 3 is 2.70 bits per heavy atom. The number of carbonyl (C=O) groups excluding carboxylic acids is 2. The van der Waals surface area contributed by atoms with Crippen LogP contribution in [0.4, 0.5) is 21.9 Å². The second kappa shape index (κ2) is 9.02. The van der Waals surface area contributed by atoms with Crippen LogP contribution in [-0.4, -0.2) is 35.8 Å². The molecule has 0 unspecified atom stereocenters. The standard InChI is InChI=1S/C25H26BrN3O4/c1-5-32-23(30)19-14-27-20-9-7-16(26)12-18(20)22(19)28-17-8-6-15-10-11-29(21(15)13-17)24(31)33-25(2,3)4/h6-9,12-14H,5,10-11H2,1-4H3,(H,27,28). The fourth-order valence-electron chi connectivity index (χ4n) is 3.77. The second-order valence-electron chi connectivity index (χ2n) is 8.78. The van der Waals surface area contributed by atoms with Crippen molar-refractivity contribution < 1.29 is 19.1 Å². The highest BCUT2D eigenvalue weighted by atomic mass is 79.9. The summed E-state index contributed by atoms with van der Waals surface area (Å²) in [5, 5.41) is 4.16. The fourth-order valence-corrected chi connectivity index (χ4v) is 4.13. The van der Waals surface area contributed by atoms with Crippen molar-refractivity contribution in [2.24, 2.45) is 0 Å². The highest BCUT2D eigenvalue weighted by Gasteiger charge is 2.29. The first-order chi connectivity index (χ1) is 15.7. The zero-order chi connectivity index (χ0) is 23.8. The van der Waals surface area contributed by atoms with E-state index in [0.717, 1.165) is 38.7 Å². The molecule has 4 rings (SSSR count). The van der Waals surface area contributed by atoms with E-state index in [2.05, 4.69) is 26.2 Å². The van der Waals surface area contributed by atoms with Crippen LogP contribution in [0.25, 0.3) is 10.9 Å². The zero-order valence-corrected chi connectivity index (χ0v) is 20.7. The summed E-state index contributed by atoms with van der Waals surface area (Å²) in [4.78, 5) is 31.5. The Balaban J connectivity index is 1.74. The van der Waals surface area contributed by atoms with Crippen LogP contribution in [0.15, 0.2) is 47.1 Å². The molecule has 0 bridgehead atoms. The summed E-state index contributed by atoms with van der Waals surface area (Å²) in [5.41, 5.74) is 3.71. The number of amides is 1. The van der Waals surface area contributed by atoms with Gasteiger partial charge in [-0.25, -0.2) is 9.59 Å². The van der Waals surface area contributed by atoms with Gasteiger partial charge < -0.3 is 14.8 Å². The average molecular weight is 512 g/mol. The molecule has 33 heavy (non-hydrogen) atoms. The van der Waals surface area contributed by atoms with Crippen molar-refractivity contribution in [1.29, 1.82) is 0 Å². The van der Waals surface area contributed by atoms with Gasteiger partial charge in [-0.3, -0.25) is 9.88 Å². The molecule has 0 saturated heterocycles. The summed E-state index contributed by atoms with van der Waals surface area (Å²) in [7, 11) is 0. The number of ether oxygens (including phenoxy) is 2. The van der Waals surface area contributed by atoms with Crippen LogP contribution in [0.3, 0.4) is 0 Å². The maximum atomic E-state index is 12.7. The summed E-state index contributed by atoms with van der Waals surface area (Å²) in [6.07, 6.45) is 1.91. The minimum atomic E-state index is -0.576. The first kappa shape index (κ1) is 23.0. The number of hydrogen-bond acceptors (Lipinski definition) is 6. The van der Waals surface area contributed by atoms with Gasteiger partial charge in [-0.1, -0.05) is 22.0 Å². The van der Waals surface area contributed by atoms with Crippen molar-refractivity contribution >= 4 is 56.0 Å². The third kappa shape index (κ3) is 4.95. The van der Waals surface area contributed by atoms with E-state index < -0.39 is 11.6 Å². The summed E-state index contributed by atoms with van der Waals surface area (Å²) < 4.78 is 11.7. The molecule has 1 aliphatic heterocycles. The van der Waals surface area contributed by atoms with E-state index in [0.29, 0.717) is 17.8 Å². The molecule has 0 radical (unpaired) electrons. The molecular formula is C25H26BrN3O4. The van der Waals surface area contributed by atoms with Crippen molar-refractivity contribution in [2.45, 2.75) is 39.7 Å². The number of esters is 1. The third-order valence-corrected chi connectivity index (χ3v) is 5.68. The Hall–Kier alpha value is -3.13. The molecular weight excluding hydrogens is 486 g/mol. The molecule has 0 spiro atoms. The first-order valence-electron chi connectivity index (χ1n) is 10.8. The van der Waals surface area contributed by atoms with Crippen LogP contribution >= 0.6 is 15.9 Å². The van der Waals surface area contributed by atoms with Crippen molar-refractivity contribution in [3.05, 3.63) is 58.2 Å². The number of halogens is 1. The number of carbonyl (C=O) groups is 2. The molecule has 7 nitrogen and oxygen atoms in total. The summed E-state index contributed by atoms with van der Waals surface area (Å²) in [5.74, 6) is -0.453. The van der Waals surface area contributed by atoms with E-state index in [9.17, 15) is 9.59 Å². The number of hydrogen-bond donors (Lipinski definition) is 1. The van der Waals surface area contributed by atoms with Gasteiger partial charge in [0.05, 0.1) is 23.5 Å². The van der Waals surface area contributed by atoms with Crippen molar-refractivity contribution in [2.75, 3.05) is 23.4 Å². The van der Waals surface area contributed by atoms with Crippen molar-refractivity contribution in [3.8, 4) is 0 Å². The highest BCUT2D eigenvalue weighted by molar-refractivity contribution is 9.10. The van der Waals surface area contributed by atoms with Gasteiger partial charge in [0, 0.05) is 28.3 Å². The van der Waals surface area contributed by atoms with Crippen LogP contribution in [-0.2, 0) is 15.9 Å². The first-order valence-corrected chi connectivity index (χ1v) is 11.6. The Morgan fingerprint density at radius 2 is 1.97 bits per heavy atom. The second-order valence-corrected chi connectivity index (χ2v) is 9.69. The average Bonchev–Trinajstić information content (AvgIpc) is 3.16. The molecule has 0 fully saturated rings. The molecule has 1 aliphatic rings. The van der Waals surface area contributed by atoms with E-state index >= 15 is 0 Å². The van der Waals surface area contributed by atoms with Crippen LogP contribution in [0.5, 0.6) is 0 Å². The molecule has 8 heteroatoms. The van der Waals surface area contributed by atoms with E-state index in [1.54, 1.807) is 11.8 Å². The van der Waals surface area contributed by atoms with E-state index in [4.69, 9.17) is 9.47 Å². The van der Waals surface area contributed by atoms with Gasteiger partial charge in [-0.2, -0.15) is 0 Å². The highest BCUT2D eigenvalue weighted by Crippen LogP contribution is 2.36. The molecule has 0 saturated carbocycles. The van der Waals surface area contributed by atoms with Gasteiger partial charge in [0.15, 0.2) is 0 Å². The number of anilines is 3. The Labute approximate surface area is 201 Å². The summed E-state index contributed by atoms with van der Waals surface area (Å²) in [6, 6.07) is 11.5. The number of rotatable bonds is 4. The van der Waals surface area contributed by atoms with Gasteiger partial charge in [0.1, 0.15) is 11.2 Å². The molecule has 0 aliphatic carbocycles. The Morgan fingerprint density at radius 1 is 1.18 bits per heavy atom. The minimum Gasteiger partial charge on any atom is -0.462 e.